The number of amides is 1. The van der Waals surface area contributed by atoms with Crippen LogP contribution in [0.15, 0.2) is 11.8 Å². The van der Waals surface area contributed by atoms with Crippen LogP contribution >= 0.6 is 0 Å². The number of hydrogen-bond donors (Lipinski definition) is 1. The van der Waals surface area contributed by atoms with Gasteiger partial charge in [0.15, 0.2) is 6.29 Å². The summed E-state index contributed by atoms with van der Waals surface area (Å²) in [5.74, 6) is -0.805. The van der Waals surface area contributed by atoms with Crippen LogP contribution < -0.4 is 5.32 Å². The molecule has 0 saturated carbocycles. The highest BCUT2D eigenvalue weighted by Gasteiger charge is 2.16. The Morgan fingerprint density at radius 3 is 2.19 bits per heavy atom. The molecule has 0 aromatic heterocycles. The molecule has 0 saturated heterocycles. The number of carbonyl (C=O) groups is 2. The van der Waals surface area contributed by atoms with E-state index in [4.69, 9.17) is 9.47 Å². The Bertz CT molecular complexity index is 270. The maximum Gasteiger partial charge on any atom is 0.335 e. The largest absolute Gasteiger partial charge is 0.466 e. The highest BCUT2D eigenvalue weighted by molar-refractivity contribution is 5.89. The van der Waals surface area contributed by atoms with Crippen LogP contribution in [0.4, 0.5) is 0 Å². The molecule has 1 amide bonds. The average Bonchev–Trinajstić information content (AvgIpc) is 2.28. The molecule has 0 aliphatic carbocycles. The number of nitrogens with one attached hydrogen (secondary N) is 1. The van der Waals surface area contributed by atoms with Crippen molar-refractivity contribution in [3.8, 4) is 0 Å². The minimum Gasteiger partial charge on any atom is -0.466 e. The van der Waals surface area contributed by atoms with Gasteiger partial charge in [-0.05, 0) is 0 Å². The van der Waals surface area contributed by atoms with E-state index in [-0.39, 0.29) is 17.9 Å². The maximum absolute atomic E-state index is 11.3. The Hall–Kier alpha value is -1.40. The lowest BCUT2D eigenvalue weighted by Crippen LogP contribution is -2.21. The van der Waals surface area contributed by atoms with Gasteiger partial charge in [0, 0.05) is 33.8 Å². The molecule has 0 aliphatic rings. The highest BCUT2D eigenvalue weighted by Crippen LogP contribution is 2.09. The second kappa shape index (κ2) is 7.84. The zero-order valence-electron chi connectivity index (χ0n) is 9.90. The van der Waals surface area contributed by atoms with E-state index in [1.165, 1.54) is 34.5 Å². The summed E-state index contributed by atoms with van der Waals surface area (Å²) in [6.07, 6.45) is 0.929. The summed E-state index contributed by atoms with van der Waals surface area (Å²) < 4.78 is 14.5. The normalized spacial score (nSPS) is 11.4. The van der Waals surface area contributed by atoms with Crippen LogP contribution in [0.2, 0.25) is 0 Å². The lowest BCUT2D eigenvalue weighted by Gasteiger charge is -2.14. The van der Waals surface area contributed by atoms with Crippen molar-refractivity contribution in [1.82, 2.24) is 5.32 Å². The average molecular weight is 231 g/mol. The third-order valence-corrected chi connectivity index (χ3v) is 1.81. The second-order valence-corrected chi connectivity index (χ2v) is 2.97. The molecule has 6 heteroatoms. The van der Waals surface area contributed by atoms with Crippen LogP contribution in [0.25, 0.3) is 0 Å². The first-order chi connectivity index (χ1) is 7.54. The number of ether oxygens (including phenoxy) is 3. The fourth-order valence-electron chi connectivity index (χ4n) is 0.963. The molecule has 0 unspecified atom stereocenters. The monoisotopic (exact) mass is 231 g/mol. The molecule has 0 heterocycles. The Balaban J connectivity index is 4.60. The third-order valence-electron chi connectivity index (χ3n) is 1.81. The van der Waals surface area contributed by atoms with E-state index >= 15 is 0 Å². The molecular formula is C10H17NO5. The van der Waals surface area contributed by atoms with Crippen molar-refractivity contribution >= 4 is 11.9 Å². The smallest absolute Gasteiger partial charge is 0.335 e. The highest BCUT2D eigenvalue weighted by atomic mass is 16.7. The first-order valence-electron chi connectivity index (χ1n) is 4.65. The van der Waals surface area contributed by atoms with Crippen LogP contribution in [0.1, 0.15) is 13.3 Å². The molecule has 92 valence electrons. The molecule has 0 aromatic carbocycles. The topological polar surface area (TPSA) is 73.9 Å². The van der Waals surface area contributed by atoms with E-state index < -0.39 is 12.3 Å². The van der Waals surface area contributed by atoms with Gasteiger partial charge in [-0.1, -0.05) is 0 Å². The minimum atomic E-state index is -0.556. The van der Waals surface area contributed by atoms with Gasteiger partial charge in [-0.15, -0.1) is 0 Å². The van der Waals surface area contributed by atoms with Gasteiger partial charge in [-0.2, -0.15) is 0 Å². The molecule has 0 spiro atoms. The van der Waals surface area contributed by atoms with Crippen LogP contribution in [-0.2, 0) is 23.8 Å². The van der Waals surface area contributed by atoms with E-state index in [0.29, 0.717) is 0 Å². The first-order valence-corrected chi connectivity index (χ1v) is 4.65. The summed E-state index contributed by atoms with van der Waals surface area (Å²) in [5.41, 5.74) is 0.270. The Labute approximate surface area is 94.5 Å². The Morgan fingerprint density at radius 1 is 1.25 bits per heavy atom. The van der Waals surface area contributed by atoms with Crippen molar-refractivity contribution in [3.63, 3.8) is 0 Å². The summed E-state index contributed by atoms with van der Waals surface area (Å²) in [4.78, 5) is 22.1. The van der Waals surface area contributed by atoms with E-state index in [1.54, 1.807) is 0 Å². The molecule has 0 atom stereocenters. The number of esters is 1. The molecule has 0 radical (unpaired) electrons. The number of hydrogen-bond acceptors (Lipinski definition) is 5. The van der Waals surface area contributed by atoms with Crippen molar-refractivity contribution in [2.24, 2.45) is 0 Å². The third kappa shape index (κ3) is 5.47. The molecule has 6 nitrogen and oxygen atoms in total. The van der Waals surface area contributed by atoms with Gasteiger partial charge in [-0.25, -0.2) is 4.79 Å². The molecule has 16 heavy (non-hydrogen) atoms. The molecule has 0 rings (SSSR count). The van der Waals surface area contributed by atoms with Crippen molar-refractivity contribution in [1.29, 1.82) is 0 Å². The van der Waals surface area contributed by atoms with E-state index in [9.17, 15) is 9.59 Å². The Kier molecular flexibility index (Phi) is 7.15. The Morgan fingerprint density at radius 2 is 1.81 bits per heavy atom. The fourth-order valence-corrected chi connectivity index (χ4v) is 0.963. The minimum absolute atomic E-state index is 0.194. The second-order valence-electron chi connectivity index (χ2n) is 2.97. The van der Waals surface area contributed by atoms with E-state index in [0.717, 1.165) is 0 Å². The standard InChI is InChI=1S/C10H17NO5/c1-7(12)11-6-8(10(13)16-4)5-9(14-2)15-3/h6,9H,5H2,1-4H3,(H,11,12)/b8-6-. The fraction of sp³-hybridized carbons (Fsp3) is 0.600. The predicted molar refractivity (Wildman–Crippen MR) is 56.3 cm³/mol. The maximum atomic E-state index is 11.3. The quantitative estimate of drug-likeness (QED) is 0.401. The summed E-state index contributed by atoms with van der Waals surface area (Å²) in [5, 5.41) is 2.40. The van der Waals surface area contributed by atoms with Gasteiger partial charge < -0.3 is 19.5 Å². The number of carbonyl (C=O) groups excluding carboxylic acids is 2. The lowest BCUT2D eigenvalue weighted by atomic mass is 10.2. The summed E-state index contributed by atoms with van der Waals surface area (Å²) in [6.45, 7) is 1.34. The zero-order valence-corrected chi connectivity index (χ0v) is 9.90. The van der Waals surface area contributed by atoms with Crippen LogP contribution in [0.3, 0.4) is 0 Å². The van der Waals surface area contributed by atoms with Crippen LogP contribution in [-0.4, -0.2) is 39.5 Å². The van der Waals surface area contributed by atoms with E-state index in [2.05, 4.69) is 10.1 Å². The lowest BCUT2D eigenvalue weighted by molar-refractivity contribution is -0.139. The van der Waals surface area contributed by atoms with Crippen LogP contribution in [0, 0.1) is 0 Å². The van der Waals surface area contributed by atoms with Gasteiger partial charge >= 0.3 is 5.97 Å². The summed E-state index contributed by atoms with van der Waals surface area (Å²) in [6, 6.07) is 0. The summed E-state index contributed by atoms with van der Waals surface area (Å²) >= 11 is 0. The van der Waals surface area contributed by atoms with Crippen molar-refractivity contribution in [2.75, 3.05) is 21.3 Å². The van der Waals surface area contributed by atoms with Gasteiger partial charge in [0.25, 0.3) is 0 Å². The molecule has 0 aromatic rings. The number of rotatable bonds is 6. The molecule has 0 fully saturated rings. The first kappa shape index (κ1) is 14.6. The van der Waals surface area contributed by atoms with Crippen LogP contribution in [0.5, 0.6) is 0 Å². The van der Waals surface area contributed by atoms with Gasteiger partial charge in [0.2, 0.25) is 5.91 Å². The van der Waals surface area contributed by atoms with Crippen molar-refractivity contribution in [2.45, 2.75) is 19.6 Å². The molecule has 1 N–H and O–H groups in total. The van der Waals surface area contributed by atoms with E-state index in [1.807, 2.05) is 0 Å². The SMILES string of the molecule is COC(=O)/C(=C\NC(C)=O)CC(OC)OC. The predicted octanol–water partition coefficient (Wildman–Crippen LogP) is 0.188. The van der Waals surface area contributed by atoms with Crippen molar-refractivity contribution < 1.29 is 23.8 Å². The number of methoxy groups -OCH3 is 3. The van der Waals surface area contributed by atoms with Gasteiger partial charge in [-0.3, -0.25) is 4.79 Å². The summed E-state index contributed by atoms with van der Waals surface area (Å²) in [7, 11) is 4.18. The molecule has 0 bridgehead atoms. The zero-order chi connectivity index (χ0) is 12.6. The van der Waals surface area contributed by atoms with Gasteiger partial charge in [0.1, 0.15) is 0 Å². The van der Waals surface area contributed by atoms with Crippen molar-refractivity contribution in [3.05, 3.63) is 11.8 Å². The molecule has 0 aliphatic heterocycles. The molecular weight excluding hydrogens is 214 g/mol. The van der Waals surface area contributed by atoms with Gasteiger partial charge in [0.05, 0.1) is 12.7 Å².